The van der Waals surface area contributed by atoms with Crippen LogP contribution < -0.4 is 10.9 Å². The van der Waals surface area contributed by atoms with Crippen molar-refractivity contribution in [3.05, 3.63) is 34.3 Å². The maximum Gasteiger partial charge on any atom is 0.241 e. The number of carbonyl (C=O) groups is 1. The van der Waals surface area contributed by atoms with Crippen molar-refractivity contribution in [2.24, 2.45) is 0 Å². The summed E-state index contributed by atoms with van der Waals surface area (Å²) < 4.78 is 6.43. The maximum atomic E-state index is 12.6. The largest absolute Gasteiger partial charge is 0.381 e. The third kappa shape index (κ3) is 3.51. The minimum Gasteiger partial charge on any atom is -0.381 e. The molecule has 2 aliphatic rings. The number of hydrogen-bond donors (Lipinski definition) is 2. The standard InChI is InChI=1S/C16H22BrN3O2/c1-22-13-6-8-20(9-7-13)16(21)15-10-14(18-19-15)11-2-4-12(17)5-3-11/h2-5,13-15,18-19H,6-10H2,1H3. The zero-order chi connectivity index (χ0) is 15.5. The second-order valence-corrected chi connectivity index (χ2v) is 6.86. The number of likely N-dealkylation sites (tertiary alicyclic amines) is 1. The highest BCUT2D eigenvalue weighted by atomic mass is 79.9. The van der Waals surface area contributed by atoms with Gasteiger partial charge in [-0.05, 0) is 37.0 Å². The summed E-state index contributed by atoms with van der Waals surface area (Å²) in [6.45, 7) is 1.58. The molecule has 3 rings (SSSR count). The number of amides is 1. The number of ether oxygens (including phenoxy) is 1. The second-order valence-electron chi connectivity index (χ2n) is 5.94. The highest BCUT2D eigenvalue weighted by Crippen LogP contribution is 2.25. The lowest BCUT2D eigenvalue weighted by atomic mass is 10.0. The molecule has 22 heavy (non-hydrogen) atoms. The number of piperidine rings is 1. The first-order valence-electron chi connectivity index (χ1n) is 7.75. The van der Waals surface area contributed by atoms with Gasteiger partial charge in [0.25, 0.3) is 0 Å². The number of methoxy groups -OCH3 is 1. The van der Waals surface area contributed by atoms with E-state index in [1.54, 1.807) is 7.11 Å². The number of halogens is 1. The van der Waals surface area contributed by atoms with E-state index in [4.69, 9.17) is 4.74 Å². The third-order valence-electron chi connectivity index (χ3n) is 4.56. The minimum absolute atomic E-state index is 0.146. The van der Waals surface area contributed by atoms with Gasteiger partial charge in [0.2, 0.25) is 5.91 Å². The molecule has 2 heterocycles. The Bertz CT molecular complexity index is 515. The summed E-state index contributed by atoms with van der Waals surface area (Å²) in [5.74, 6) is 0.196. The molecule has 120 valence electrons. The van der Waals surface area contributed by atoms with Crippen LogP contribution in [-0.2, 0) is 9.53 Å². The Balaban J connectivity index is 1.56. The van der Waals surface area contributed by atoms with Crippen molar-refractivity contribution in [3.8, 4) is 0 Å². The van der Waals surface area contributed by atoms with E-state index in [9.17, 15) is 4.79 Å². The molecule has 1 amide bonds. The number of hydrogen-bond acceptors (Lipinski definition) is 4. The second kappa shape index (κ2) is 7.08. The summed E-state index contributed by atoms with van der Waals surface area (Å²) in [6.07, 6.45) is 2.94. The van der Waals surface area contributed by atoms with Crippen LogP contribution in [0.1, 0.15) is 30.9 Å². The molecule has 2 fully saturated rings. The lowest BCUT2D eigenvalue weighted by molar-refractivity contribution is -0.135. The molecule has 0 bridgehead atoms. The fourth-order valence-electron chi connectivity index (χ4n) is 3.16. The van der Waals surface area contributed by atoms with Crippen molar-refractivity contribution in [3.63, 3.8) is 0 Å². The number of nitrogens with one attached hydrogen (secondary N) is 2. The first-order valence-corrected chi connectivity index (χ1v) is 8.55. The molecule has 2 N–H and O–H groups in total. The van der Waals surface area contributed by atoms with Gasteiger partial charge in [0.15, 0.2) is 0 Å². The van der Waals surface area contributed by atoms with Crippen LogP contribution in [0.4, 0.5) is 0 Å². The van der Waals surface area contributed by atoms with Crippen LogP contribution in [0, 0.1) is 0 Å². The van der Waals surface area contributed by atoms with Gasteiger partial charge in [-0.2, -0.15) is 0 Å². The van der Waals surface area contributed by atoms with Gasteiger partial charge in [-0.1, -0.05) is 28.1 Å². The van der Waals surface area contributed by atoms with E-state index in [0.29, 0.717) is 6.10 Å². The Morgan fingerprint density at radius 1 is 1.23 bits per heavy atom. The van der Waals surface area contributed by atoms with Crippen molar-refractivity contribution in [2.45, 2.75) is 37.5 Å². The van der Waals surface area contributed by atoms with Gasteiger partial charge in [-0.3, -0.25) is 4.79 Å². The first kappa shape index (κ1) is 15.9. The molecule has 2 unspecified atom stereocenters. The number of carbonyl (C=O) groups excluding carboxylic acids is 1. The van der Waals surface area contributed by atoms with Gasteiger partial charge in [0, 0.05) is 30.7 Å². The van der Waals surface area contributed by atoms with Crippen LogP contribution in [0.15, 0.2) is 28.7 Å². The van der Waals surface area contributed by atoms with Crippen molar-refractivity contribution >= 4 is 21.8 Å². The Labute approximate surface area is 139 Å². The lowest BCUT2D eigenvalue weighted by Crippen LogP contribution is -2.49. The van der Waals surface area contributed by atoms with E-state index in [0.717, 1.165) is 36.8 Å². The van der Waals surface area contributed by atoms with Gasteiger partial charge < -0.3 is 9.64 Å². The maximum absolute atomic E-state index is 12.6. The predicted molar refractivity (Wildman–Crippen MR) is 88.2 cm³/mol. The van der Waals surface area contributed by atoms with Crippen LogP contribution in [-0.4, -0.2) is 43.2 Å². The molecule has 2 atom stereocenters. The topological polar surface area (TPSA) is 53.6 Å². The van der Waals surface area contributed by atoms with Crippen LogP contribution in [0.3, 0.4) is 0 Å². The van der Waals surface area contributed by atoms with Crippen molar-refractivity contribution < 1.29 is 9.53 Å². The van der Waals surface area contributed by atoms with Gasteiger partial charge in [0.1, 0.15) is 6.04 Å². The van der Waals surface area contributed by atoms with Gasteiger partial charge in [-0.15, -0.1) is 0 Å². The van der Waals surface area contributed by atoms with Crippen molar-refractivity contribution in [1.29, 1.82) is 0 Å². The Hall–Kier alpha value is -0.950. The Morgan fingerprint density at radius 2 is 1.91 bits per heavy atom. The summed E-state index contributed by atoms with van der Waals surface area (Å²) in [4.78, 5) is 14.6. The number of benzene rings is 1. The van der Waals surface area contributed by atoms with Crippen LogP contribution in [0.5, 0.6) is 0 Å². The van der Waals surface area contributed by atoms with E-state index in [1.165, 1.54) is 5.56 Å². The third-order valence-corrected chi connectivity index (χ3v) is 5.09. The van der Waals surface area contributed by atoms with Gasteiger partial charge in [0.05, 0.1) is 6.10 Å². The summed E-state index contributed by atoms with van der Waals surface area (Å²) in [5, 5.41) is 0. The summed E-state index contributed by atoms with van der Waals surface area (Å²) >= 11 is 3.44. The average Bonchev–Trinajstić information content (AvgIpc) is 3.05. The van der Waals surface area contributed by atoms with Gasteiger partial charge >= 0.3 is 0 Å². The molecule has 0 aromatic heterocycles. The molecule has 5 nitrogen and oxygen atoms in total. The zero-order valence-electron chi connectivity index (χ0n) is 12.7. The van der Waals surface area contributed by atoms with E-state index in [1.807, 2.05) is 17.0 Å². The van der Waals surface area contributed by atoms with E-state index < -0.39 is 0 Å². The normalized spacial score (nSPS) is 26.4. The number of hydrazine groups is 1. The Morgan fingerprint density at radius 3 is 2.55 bits per heavy atom. The monoisotopic (exact) mass is 367 g/mol. The quantitative estimate of drug-likeness (QED) is 0.857. The highest BCUT2D eigenvalue weighted by molar-refractivity contribution is 9.10. The fourth-order valence-corrected chi connectivity index (χ4v) is 3.43. The zero-order valence-corrected chi connectivity index (χ0v) is 14.3. The molecular formula is C16H22BrN3O2. The summed E-state index contributed by atoms with van der Waals surface area (Å²) in [5.41, 5.74) is 7.60. The van der Waals surface area contributed by atoms with E-state index >= 15 is 0 Å². The van der Waals surface area contributed by atoms with Gasteiger partial charge in [-0.25, -0.2) is 10.9 Å². The average molecular weight is 368 g/mol. The van der Waals surface area contributed by atoms with Crippen molar-refractivity contribution in [1.82, 2.24) is 15.8 Å². The minimum atomic E-state index is -0.146. The van der Waals surface area contributed by atoms with E-state index in [-0.39, 0.29) is 18.0 Å². The predicted octanol–water partition coefficient (Wildman–Crippen LogP) is 1.99. The molecule has 0 spiro atoms. The molecule has 1 aromatic carbocycles. The highest BCUT2D eigenvalue weighted by Gasteiger charge is 2.34. The number of nitrogens with zero attached hydrogens (tertiary/aromatic N) is 1. The lowest BCUT2D eigenvalue weighted by Gasteiger charge is -2.32. The Kier molecular flexibility index (Phi) is 5.13. The number of rotatable bonds is 3. The molecular weight excluding hydrogens is 346 g/mol. The smallest absolute Gasteiger partial charge is 0.241 e. The summed E-state index contributed by atoms with van der Waals surface area (Å²) in [6, 6.07) is 8.26. The molecule has 1 aromatic rings. The molecule has 0 aliphatic carbocycles. The van der Waals surface area contributed by atoms with Crippen LogP contribution in [0.2, 0.25) is 0 Å². The fraction of sp³-hybridized carbons (Fsp3) is 0.562. The molecule has 6 heteroatoms. The first-order chi connectivity index (χ1) is 10.7. The molecule has 0 radical (unpaired) electrons. The molecule has 0 saturated carbocycles. The van der Waals surface area contributed by atoms with Crippen molar-refractivity contribution in [2.75, 3.05) is 20.2 Å². The van der Waals surface area contributed by atoms with E-state index in [2.05, 4.69) is 38.9 Å². The molecule has 2 saturated heterocycles. The van der Waals surface area contributed by atoms with Crippen LogP contribution in [0.25, 0.3) is 0 Å². The van der Waals surface area contributed by atoms with Crippen LogP contribution >= 0.6 is 15.9 Å². The summed E-state index contributed by atoms with van der Waals surface area (Å²) in [7, 11) is 1.74. The molecule has 2 aliphatic heterocycles. The SMILES string of the molecule is COC1CCN(C(=O)C2CC(c3ccc(Br)cc3)NN2)CC1.